The summed E-state index contributed by atoms with van der Waals surface area (Å²) < 4.78 is 10.1. The quantitative estimate of drug-likeness (QED) is 0.752. The molecule has 0 amide bonds. The Labute approximate surface area is 99.2 Å². The van der Waals surface area contributed by atoms with Crippen molar-refractivity contribution in [3.63, 3.8) is 0 Å². The molecule has 2 aliphatic rings. The molecule has 0 spiro atoms. The number of esters is 1. The van der Waals surface area contributed by atoms with Gasteiger partial charge in [0.05, 0.1) is 7.11 Å². The minimum atomic E-state index is -1.13. The Balaban J connectivity index is 2.28. The summed E-state index contributed by atoms with van der Waals surface area (Å²) in [7, 11) is 1.53. The molecule has 17 heavy (non-hydrogen) atoms. The fourth-order valence-electron chi connectivity index (χ4n) is 2.77. The van der Waals surface area contributed by atoms with E-state index in [1.165, 1.54) is 12.7 Å². The van der Waals surface area contributed by atoms with Gasteiger partial charge in [0.1, 0.15) is 11.3 Å². The van der Waals surface area contributed by atoms with Crippen molar-refractivity contribution in [2.45, 2.75) is 32.0 Å². The van der Waals surface area contributed by atoms with E-state index in [0.717, 1.165) is 31.2 Å². The van der Waals surface area contributed by atoms with Gasteiger partial charge in [0.25, 0.3) is 0 Å². The van der Waals surface area contributed by atoms with Gasteiger partial charge in [0.2, 0.25) is 6.29 Å². The normalized spacial score (nSPS) is 21.8. The summed E-state index contributed by atoms with van der Waals surface area (Å²) in [4.78, 5) is 11.7. The first kappa shape index (κ1) is 10.6. The van der Waals surface area contributed by atoms with Gasteiger partial charge < -0.3 is 14.6 Å². The third-order valence-electron chi connectivity index (χ3n) is 3.55. The number of methoxy groups -OCH3 is 1. The summed E-state index contributed by atoms with van der Waals surface area (Å²) in [6, 6.07) is 1.91. The third-order valence-corrected chi connectivity index (χ3v) is 3.55. The van der Waals surface area contributed by atoms with E-state index in [0.29, 0.717) is 16.9 Å². The molecule has 90 valence electrons. The molecule has 1 aliphatic heterocycles. The van der Waals surface area contributed by atoms with E-state index in [-0.39, 0.29) is 0 Å². The number of ether oxygens (including phenoxy) is 2. The molecular formula is C13H14O4. The van der Waals surface area contributed by atoms with E-state index < -0.39 is 12.3 Å². The van der Waals surface area contributed by atoms with Crippen LogP contribution in [0.2, 0.25) is 0 Å². The van der Waals surface area contributed by atoms with Gasteiger partial charge in [-0.05, 0) is 42.9 Å². The number of rotatable bonds is 1. The van der Waals surface area contributed by atoms with Crippen molar-refractivity contribution in [1.82, 2.24) is 0 Å². The van der Waals surface area contributed by atoms with E-state index >= 15 is 0 Å². The van der Waals surface area contributed by atoms with Crippen molar-refractivity contribution < 1.29 is 19.4 Å². The Morgan fingerprint density at radius 2 is 2.18 bits per heavy atom. The molecule has 1 N–H and O–H groups in total. The fraction of sp³-hybridized carbons (Fsp3) is 0.462. The van der Waals surface area contributed by atoms with E-state index in [1.54, 1.807) is 0 Å². The van der Waals surface area contributed by atoms with Crippen LogP contribution in [-0.4, -0.2) is 18.2 Å². The Morgan fingerprint density at radius 1 is 1.41 bits per heavy atom. The molecule has 0 fully saturated rings. The number of carbonyl (C=O) groups excluding carboxylic acids is 1. The zero-order valence-electron chi connectivity index (χ0n) is 9.66. The van der Waals surface area contributed by atoms with Crippen molar-refractivity contribution >= 4 is 5.97 Å². The van der Waals surface area contributed by atoms with E-state index in [4.69, 9.17) is 9.47 Å². The van der Waals surface area contributed by atoms with Gasteiger partial charge in [-0.2, -0.15) is 0 Å². The number of hydrogen-bond acceptors (Lipinski definition) is 4. The second-order valence-electron chi connectivity index (χ2n) is 4.47. The molecule has 0 saturated heterocycles. The highest BCUT2D eigenvalue weighted by atomic mass is 16.6. The number of aryl methyl sites for hydroxylation is 1. The lowest BCUT2D eigenvalue weighted by atomic mass is 9.86. The number of cyclic esters (lactones) is 1. The summed E-state index contributed by atoms with van der Waals surface area (Å²) in [6.45, 7) is 0. The maximum Gasteiger partial charge on any atom is 0.345 e. The van der Waals surface area contributed by atoms with Crippen LogP contribution in [0.15, 0.2) is 6.07 Å². The monoisotopic (exact) mass is 234 g/mol. The lowest BCUT2D eigenvalue weighted by molar-refractivity contribution is -0.0552. The van der Waals surface area contributed by atoms with Crippen molar-refractivity contribution in [2.24, 2.45) is 0 Å². The number of hydrogen-bond donors (Lipinski definition) is 1. The van der Waals surface area contributed by atoms with Gasteiger partial charge in [0, 0.05) is 5.56 Å². The largest absolute Gasteiger partial charge is 0.496 e. The SMILES string of the molecule is COc1cc2c(c3c1C(=O)OC3O)CCCC2. The molecule has 1 aromatic carbocycles. The second kappa shape index (κ2) is 3.74. The molecule has 4 nitrogen and oxygen atoms in total. The average Bonchev–Trinajstić information content (AvgIpc) is 2.65. The average molecular weight is 234 g/mol. The summed E-state index contributed by atoms with van der Waals surface area (Å²) in [5, 5.41) is 9.83. The Kier molecular flexibility index (Phi) is 2.33. The van der Waals surface area contributed by atoms with Crippen molar-refractivity contribution in [1.29, 1.82) is 0 Å². The molecule has 1 unspecified atom stereocenters. The van der Waals surface area contributed by atoms with Gasteiger partial charge in [-0.1, -0.05) is 0 Å². The van der Waals surface area contributed by atoms with Crippen LogP contribution in [0, 0.1) is 0 Å². The predicted octanol–water partition coefficient (Wildman–Crippen LogP) is 1.74. The first-order valence-electron chi connectivity index (χ1n) is 5.84. The molecule has 3 rings (SSSR count). The van der Waals surface area contributed by atoms with E-state index in [2.05, 4.69) is 0 Å². The number of carbonyl (C=O) groups is 1. The number of aliphatic hydroxyl groups is 1. The molecular weight excluding hydrogens is 220 g/mol. The van der Waals surface area contributed by atoms with Crippen LogP contribution in [0.1, 0.15) is 46.2 Å². The van der Waals surface area contributed by atoms with Gasteiger partial charge in [-0.3, -0.25) is 0 Å². The van der Waals surface area contributed by atoms with Crippen LogP contribution in [0.3, 0.4) is 0 Å². The van der Waals surface area contributed by atoms with Crippen LogP contribution in [-0.2, 0) is 17.6 Å². The Bertz CT molecular complexity index is 493. The third kappa shape index (κ3) is 1.44. The lowest BCUT2D eigenvalue weighted by Gasteiger charge is -2.20. The second-order valence-corrected chi connectivity index (χ2v) is 4.47. The molecule has 1 heterocycles. The minimum Gasteiger partial charge on any atom is -0.496 e. The maximum absolute atomic E-state index is 11.7. The molecule has 1 aliphatic carbocycles. The first-order valence-corrected chi connectivity index (χ1v) is 5.84. The number of fused-ring (bicyclic) bond motifs is 3. The van der Waals surface area contributed by atoms with Crippen molar-refractivity contribution in [3.8, 4) is 5.75 Å². The summed E-state index contributed by atoms with van der Waals surface area (Å²) in [5.41, 5.74) is 3.28. The lowest BCUT2D eigenvalue weighted by Crippen LogP contribution is -2.10. The number of benzene rings is 1. The van der Waals surface area contributed by atoms with Crippen LogP contribution >= 0.6 is 0 Å². The highest BCUT2D eigenvalue weighted by Gasteiger charge is 2.37. The fourth-order valence-corrected chi connectivity index (χ4v) is 2.77. The van der Waals surface area contributed by atoms with Crippen LogP contribution in [0.5, 0.6) is 5.75 Å². The molecule has 1 aromatic rings. The minimum absolute atomic E-state index is 0.403. The van der Waals surface area contributed by atoms with Gasteiger partial charge in [0.15, 0.2) is 0 Å². The van der Waals surface area contributed by atoms with Gasteiger partial charge >= 0.3 is 5.97 Å². The summed E-state index contributed by atoms with van der Waals surface area (Å²) in [6.07, 6.45) is 2.97. The molecule has 0 bridgehead atoms. The van der Waals surface area contributed by atoms with Gasteiger partial charge in [-0.15, -0.1) is 0 Å². The first-order chi connectivity index (χ1) is 8.22. The molecule has 0 saturated carbocycles. The van der Waals surface area contributed by atoms with Crippen LogP contribution in [0.4, 0.5) is 0 Å². The zero-order valence-corrected chi connectivity index (χ0v) is 9.66. The van der Waals surface area contributed by atoms with Crippen LogP contribution in [0.25, 0.3) is 0 Å². The topological polar surface area (TPSA) is 55.8 Å². The standard InChI is InChI=1S/C13H14O4/c1-16-9-6-7-4-2-3-5-8(7)10-11(9)13(15)17-12(10)14/h6,12,14H,2-5H2,1H3. The predicted molar refractivity (Wildman–Crippen MR) is 60.0 cm³/mol. The summed E-state index contributed by atoms with van der Waals surface area (Å²) >= 11 is 0. The molecule has 1 atom stereocenters. The van der Waals surface area contributed by atoms with Crippen molar-refractivity contribution in [3.05, 3.63) is 28.3 Å². The maximum atomic E-state index is 11.7. The van der Waals surface area contributed by atoms with Crippen LogP contribution < -0.4 is 4.74 Å². The summed E-state index contributed by atoms with van der Waals surface area (Å²) in [5.74, 6) is 0.0277. The molecule has 0 radical (unpaired) electrons. The highest BCUT2D eigenvalue weighted by molar-refractivity contribution is 5.97. The van der Waals surface area contributed by atoms with E-state index in [1.807, 2.05) is 6.07 Å². The smallest absolute Gasteiger partial charge is 0.345 e. The molecule has 4 heteroatoms. The highest BCUT2D eigenvalue weighted by Crippen LogP contribution is 2.41. The Morgan fingerprint density at radius 3 is 2.94 bits per heavy atom. The zero-order chi connectivity index (χ0) is 12.0. The number of aliphatic hydroxyl groups excluding tert-OH is 1. The molecule has 0 aromatic heterocycles. The van der Waals surface area contributed by atoms with Gasteiger partial charge in [-0.25, -0.2) is 4.79 Å². The Hall–Kier alpha value is -1.55. The van der Waals surface area contributed by atoms with Crippen molar-refractivity contribution in [2.75, 3.05) is 7.11 Å². The van der Waals surface area contributed by atoms with E-state index in [9.17, 15) is 9.90 Å².